The Hall–Kier alpha value is -0.570. The first-order valence-electron chi connectivity index (χ1n) is 5.08. The zero-order chi connectivity index (χ0) is 9.42. The molecule has 0 spiro atoms. The van der Waals surface area contributed by atoms with E-state index in [-0.39, 0.29) is 12.0 Å². The summed E-state index contributed by atoms with van der Waals surface area (Å²) in [4.78, 5) is 10.8. The fourth-order valence-electron chi connectivity index (χ4n) is 2.72. The molecule has 0 amide bonds. The Morgan fingerprint density at radius 1 is 1.38 bits per heavy atom. The molecule has 0 aromatic rings. The van der Waals surface area contributed by atoms with Crippen molar-refractivity contribution >= 4 is 5.97 Å². The lowest BCUT2D eigenvalue weighted by Gasteiger charge is -2.25. The number of ether oxygens (including phenoxy) is 1. The molecule has 3 heteroatoms. The lowest BCUT2D eigenvalue weighted by Crippen LogP contribution is -2.26. The Kier molecular flexibility index (Phi) is 2.28. The average molecular weight is 184 g/mol. The lowest BCUT2D eigenvalue weighted by molar-refractivity contribution is -0.151. The summed E-state index contributed by atoms with van der Waals surface area (Å²) >= 11 is 0. The third-order valence-corrected chi connectivity index (χ3v) is 3.47. The van der Waals surface area contributed by atoms with Crippen LogP contribution in [0.15, 0.2) is 0 Å². The topological polar surface area (TPSA) is 46.5 Å². The van der Waals surface area contributed by atoms with Gasteiger partial charge in [0, 0.05) is 0 Å². The Bertz CT molecular complexity index is 214. The van der Waals surface area contributed by atoms with Crippen molar-refractivity contribution in [2.75, 3.05) is 0 Å². The van der Waals surface area contributed by atoms with E-state index in [0.29, 0.717) is 5.92 Å². The minimum absolute atomic E-state index is 0.197. The molecule has 13 heavy (non-hydrogen) atoms. The van der Waals surface area contributed by atoms with Gasteiger partial charge in [0.2, 0.25) is 0 Å². The van der Waals surface area contributed by atoms with Crippen molar-refractivity contribution in [1.29, 1.82) is 0 Å². The van der Waals surface area contributed by atoms with E-state index >= 15 is 0 Å². The zero-order valence-electron chi connectivity index (χ0n) is 7.90. The molecule has 1 saturated carbocycles. The predicted octanol–water partition coefficient (Wildman–Crippen LogP) is 1.66. The van der Waals surface area contributed by atoms with Gasteiger partial charge in [-0.1, -0.05) is 19.8 Å². The molecule has 1 aliphatic carbocycles. The molecule has 4 unspecified atom stereocenters. The number of aliphatic carboxylic acids is 1. The molecule has 1 aliphatic heterocycles. The fourth-order valence-corrected chi connectivity index (χ4v) is 2.72. The van der Waals surface area contributed by atoms with Crippen molar-refractivity contribution < 1.29 is 14.6 Å². The number of hydrogen-bond donors (Lipinski definition) is 1. The summed E-state index contributed by atoms with van der Waals surface area (Å²) in [6, 6.07) is 0. The monoisotopic (exact) mass is 184 g/mol. The number of carboxylic acids is 1. The highest BCUT2D eigenvalue weighted by atomic mass is 16.5. The van der Waals surface area contributed by atoms with Crippen LogP contribution in [0.4, 0.5) is 0 Å². The number of hydrogen-bond acceptors (Lipinski definition) is 2. The van der Waals surface area contributed by atoms with Crippen LogP contribution in [0.5, 0.6) is 0 Å². The molecule has 4 atom stereocenters. The van der Waals surface area contributed by atoms with Gasteiger partial charge in [-0.2, -0.15) is 0 Å². The zero-order valence-corrected chi connectivity index (χ0v) is 7.90. The van der Waals surface area contributed by atoms with Crippen LogP contribution < -0.4 is 0 Å². The third-order valence-electron chi connectivity index (χ3n) is 3.47. The van der Waals surface area contributed by atoms with Gasteiger partial charge in [-0.05, 0) is 24.7 Å². The van der Waals surface area contributed by atoms with Crippen molar-refractivity contribution in [3.05, 3.63) is 0 Å². The predicted molar refractivity (Wildman–Crippen MR) is 47.4 cm³/mol. The summed E-state index contributed by atoms with van der Waals surface area (Å²) in [6.07, 6.45) is 4.31. The molecule has 1 heterocycles. The van der Waals surface area contributed by atoms with E-state index in [0.717, 1.165) is 12.8 Å². The van der Waals surface area contributed by atoms with Gasteiger partial charge >= 0.3 is 5.97 Å². The van der Waals surface area contributed by atoms with Crippen molar-refractivity contribution in [3.63, 3.8) is 0 Å². The molecule has 2 aliphatic rings. The van der Waals surface area contributed by atoms with Crippen LogP contribution in [0.3, 0.4) is 0 Å². The van der Waals surface area contributed by atoms with Gasteiger partial charge in [0.15, 0.2) is 6.10 Å². The fraction of sp³-hybridized carbons (Fsp3) is 0.900. The molecule has 2 rings (SSSR count). The molecule has 1 saturated heterocycles. The van der Waals surface area contributed by atoms with E-state index in [1.54, 1.807) is 0 Å². The van der Waals surface area contributed by atoms with Crippen molar-refractivity contribution in [3.8, 4) is 0 Å². The van der Waals surface area contributed by atoms with Crippen molar-refractivity contribution in [2.24, 2.45) is 11.8 Å². The maximum Gasteiger partial charge on any atom is 0.333 e. The molecule has 0 radical (unpaired) electrons. The van der Waals surface area contributed by atoms with Gasteiger partial charge < -0.3 is 9.84 Å². The van der Waals surface area contributed by atoms with Crippen LogP contribution in [0.2, 0.25) is 0 Å². The summed E-state index contributed by atoms with van der Waals surface area (Å²) in [5.74, 6) is -0.0976. The van der Waals surface area contributed by atoms with E-state index in [1.165, 1.54) is 12.8 Å². The summed E-state index contributed by atoms with van der Waals surface area (Å²) in [5.41, 5.74) is 0. The molecule has 74 valence electrons. The Morgan fingerprint density at radius 2 is 2.08 bits per heavy atom. The van der Waals surface area contributed by atoms with Gasteiger partial charge in [-0.15, -0.1) is 0 Å². The second kappa shape index (κ2) is 3.29. The van der Waals surface area contributed by atoms with Gasteiger partial charge in [0.1, 0.15) is 0 Å². The molecular weight excluding hydrogens is 168 g/mol. The van der Waals surface area contributed by atoms with Crippen LogP contribution in [-0.2, 0) is 9.53 Å². The van der Waals surface area contributed by atoms with Gasteiger partial charge in [0.25, 0.3) is 0 Å². The van der Waals surface area contributed by atoms with Crippen LogP contribution in [0.1, 0.15) is 32.6 Å². The minimum Gasteiger partial charge on any atom is -0.479 e. The molecule has 1 N–H and O–H groups in total. The maximum atomic E-state index is 10.8. The highest BCUT2D eigenvalue weighted by Crippen LogP contribution is 2.41. The molecular formula is C10H16O3. The standard InChI is InChI=1S/C10H16O3/c1-6-7-4-2-3-5-8(7)13-9(6)10(11)12/h6-9H,2-5H2,1H3,(H,11,12). The summed E-state index contributed by atoms with van der Waals surface area (Å²) in [7, 11) is 0. The first kappa shape index (κ1) is 9.00. The Labute approximate surface area is 78.1 Å². The molecule has 0 bridgehead atoms. The van der Waals surface area contributed by atoms with E-state index in [2.05, 4.69) is 0 Å². The molecule has 3 nitrogen and oxygen atoms in total. The van der Waals surface area contributed by atoms with Crippen LogP contribution in [-0.4, -0.2) is 23.3 Å². The summed E-state index contributed by atoms with van der Waals surface area (Å²) < 4.78 is 5.54. The van der Waals surface area contributed by atoms with Gasteiger partial charge in [-0.3, -0.25) is 0 Å². The second-order valence-corrected chi connectivity index (χ2v) is 4.24. The van der Waals surface area contributed by atoms with Crippen LogP contribution in [0, 0.1) is 11.8 Å². The number of carbonyl (C=O) groups is 1. The highest BCUT2D eigenvalue weighted by Gasteiger charge is 2.45. The number of carboxylic acid groups (broad SMARTS) is 1. The Balaban J connectivity index is 2.09. The summed E-state index contributed by atoms with van der Waals surface area (Å²) in [5, 5.41) is 8.91. The average Bonchev–Trinajstić information content (AvgIpc) is 2.45. The van der Waals surface area contributed by atoms with E-state index in [1.807, 2.05) is 6.92 Å². The smallest absolute Gasteiger partial charge is 0.333 e. The maximum absolute atomic E-state index is 10.8. The van der Waals surface area contributed by atoms with Crippen LogP contribution >= 0.6 is 0 Å². The summed E-state index contributed by atoms with van der Waals surface area (Å²) in [6.45, 7) is 2.01. The first-order chi connectivity index (χ1) is 6.20. The second-order valence-electron chi connectivity index (χ2n) is 4.24. The van der Waals surface area contributed by atoms with Gasteiger partial charge in [0.05, 0.1) is 6.10 Å². The van der Waals surface area contributed by atoms with E-state index in [4.69, 9.17) is 9.84 Å². The molecule has 2 fully saturated rings. The highest BCUT2D eigenvalue weighted by molar-refractivity contribution is 5.73. The number of rotatable bonds is 1. The van der Waals surface area contributed by atoms with Crippen LogP contribution in [0.25, 0.3) is 0 Å². The first-order valence-corrected chi connectivity index (χ1v) is 5.08. The van der Waals surface area contributed by atoms with Crippen molar-refractivity contribution in [1.82, 2.24) is 0 Å². The Morgan fingerprint density at radius 3 is 2.69 bits per heavy atom. The quantitative estimate of drug-likeness (QED) is 0.674. The third kappa shape index (κ3) is 1.46. The normalized spacial score (nSPS) is 44.4. The SMILES string of the molecule is CC1C(C(=O)O)OC2CCCCC21. The van der Waals surface area contributed by atoms with Crippen molar-refractivity contribution in [2.45, 2.75) is 44.8 Å². The number of fused-ring (bicyclic) bond motifs is 1. The van der Waals surface area contributed by atoms with Gasteiger partial charge in [-0.25, -0.2) is 4.79 Å². The van der Waals surface area contributed by atoms with E-state index < -0.39 is 12.1 Å². The molecule has 0 aromatic heterocycles. The lowest BCUT2D eigenvalue weighted by atomic mass is 9.79. The minimum atomic E-state index is -0.790. The van der Waals surface area contributed by atoms with E-state index in [9.17, 15) is 4.79 Å². The largest absolute Gasteiger partial charge is 0.479 e. The molecule has 0 aromatic carbocycles.